The molecule has 1 aliphatic carbocycles. The van der Waals surface area contributed by atoms with Crippen LogP contribution in [0.25, 0.3) is 0 Å². The molecule has 0 bridgehead atoms. The lowest BCUT2D eigenvalue weighted by molar-refractivity contribution is -0.163. The summed E-state index contributed by atoms with van der Waals surface area (Å²) < 4.78 is 6.47. The molecule has 2 aliphatic heterocycles. The van der Waals surface area contributed by atoms with Gasteiger partial charge in [0.2, 0.25) is 11.8 Å². The fourth-order valence-electron chi connectivity index (χ4n) is 4.93. The van der Waals surface area contributed by atoms with Gasteiger partial charge in [0.05, 0.1) is 6.04 Å². The van der Waals surface area contributed by atoms with Crippen LogP contribution in [0.3, 0.4) is 0 Å². The van der Waals surface area contributed by atoms with E-state index < -0.39 is 11.6 Å². The summed E-state index contributed by atoms with van der Waals surface area (Å²) in [6.07, 6.45) is 4.92. The number of nitrogens with zero attached hydrogens (tertiary/aromatic N) is 1. The molecule has 2 aromatic rings. The van der Waals surface area contributed by atoms with Gasteiger partial charge in [0, 0.05) is 24.1 Å². The maximum Gasteiger partial charge on any atom is 0.249 e. The first-order valence-corrected chi connectivity index (χ1v) is 10.3. The van der Waals surface area contributed by atoms with Crippen LogP contribution in [0.15, 0.2) is 48.5 Å². The molecule has 2 unspecified atom stereocenters. The molecular weight excluding hydrogens is 366 g/mol. The zero-order valence-corrected chi connectivity index (χ0v) is 16.5. The van der Waals surface area contributed by atoms with Crippen molar-refractivity contribution < 1.29 is 14.3 Å². The molecule has 2 fully saturated rings. The van der Waals surface area contributed by atoms with E-state index in [1.54, 1.807) is 0 Å². The quantitative estimate of drug-likeness (QED) is 0.766. The number of carbonyl (C=O) groups is 2. The average Bonchev–Trinajstić information content (AvgIpc) is 3.09. The minimum atomic E-state index is -0.835. The minimum Gasteiger partial charge on any atom is -0.471 e. The standard InChI is InChI=1S/C23H25N3O3/c1-15-9-3-5-11-17(15)24-21(27)19-20-16-10-4-6-12-18(16)29-23(13-7-2-8-14-23)26(20)25-22(19)28/h3-6,9-12,19-20H,2,7-8,13-14H2,1H3,(H,24,27)(H,25,28). The number of carbonyl (C=O) groups excluding carboxylic acids is 2. The van der Waals surface area contributed by atoms with Gasteiger partial charge in [0.25, 0.3) is 0 Å². The van der Waals surface area contributed by atoms with E-state index >= 15 is 0 Å². The third kappa shape index (κ3) is 2.90. The fourth-order valence-corrected chi connectivity index (χ4v) is 4.93. The van der Waals surface area contributed by atoms with Crippen molar-refractivity contribution in [3.63, 3.8) is 0 Å². The van der Waals surface area contributed by atoms with E-state index in [2.05, 4.69) is 10.7 Å². The van der Waals surface area contributed by atoms with Crippen molar-refractivity contribution in [1.29, 1.82) is 0 Å². The number of hydrogen-bond acceptors (Lipinski definition) is 4. The molecule has 6 heteroatoms. The molecule has 2 heterocycles. The van der Waals surface area contributed by atoms with E-state index in [0.29, 0.717) is 0 Å². The number of hydrazine groups is 1. The third-order valence-corrected chi connectivity index (χ3v) is 6.40. The number of para-hydroxylation sites is 2. The smallest absolute Gasteiger partial charge is 0.249 e. The van der Waals surface area contributed by atoms with Crippen molar-refractivity contribution in [3.8, 4) is 5.75 Å². The number of anilines is 1. The van der Waals surface area contributed by atoms with Gasteiger partial charge in [0.15, 0.2) is 5.72 Å². The zero-order valence-electron chi connectivity index (χ0n) is 16.5. The van der Waals surface area contributed by atoms with Crippen LogP contribution in [0.4, 0.5) is 5.69 Å². The van der Waals surface area contributed by atoms with Crippen molar-refractivity contribution in [2.24, 2.45) is 5.92 Å². The predicted molar refractivity (Wildman–Crippen MR) is 109 cm³/mol. The summed E-state index contributed by atoms with van der Waals surface area (Å²) in [6, 6.07) is 15.0. The lowest BCUT2D eigenvalue weighted by Gasteiger charge is -2.50. The first-order chi connectivity index (χ1) is 14.1. The summed E-state index contributed by atoms with van der Waals surface area (Å²) in [5.41, 5.74) is 5.00. The summed E-state index contributed by atoms with van der Waals surface area (Å²) in [5.74, 6) is -0.613. The molecule has 0 radical (unpaired) electrons. The van der Waals surface area contributed by atoms with Crippen LogP contribution >= 0.6 is 0 Å². The van der Waals surface area contributed by atoms with Crippen molar-refractivity contribution >= 4 is 17.5 Å². The normalized spacial score (nSPS) is 24.9. The number of rotatable bonds is 2. The maximum absolute atomic E-state index is 13.3. The number of ether oxygens (including phenoxy) is 1. The Bertz CT molecular complexity index is 967. The van der Waals surface area contributed by atoms with E-state index in [9.17, 15) is 9.59 Å². The molecular formula is C23H25N3O3. The summed E-state index contributed by atoms with van der Waals surface area (Å²) in [5, 5.41) is 4.90. The van der Waals surface area contributed by atoms with Gasteiger partial charge in [-0.3, -0.25) is 15.0 Å². The first-order valence-electron chi connectivity index (χ1n) is 10.3. The average molecular weight is 391 g/mol. The van der Waals surface area contributed by atoms with Gasteiger partial charge in [0.1, 0.15) is 11.7 Å². The van der Waals surface area contributed by atoms with Gasteiger partial charge < -0.3 is 10.1 Å². The Hall–Kier alpha value is -2.86. The second kappa shape index (κ2) is 6.88. The monoisotopic (exact) mass is 391 g/mol. The highest BCUT2D eigenvalue weighted by molar-refractivity contribution is 6.08. The Kier molecular flexibility index (Phi) is 4.32. The highest BCUT2D eigenvalue weighted by Gasteiger charge is 2.58. The maximum atomic E-state index is 13.3. The number of fused-ring (bicyclic) bond motifs is 4. The second-order valence-corrected chi connectivity index (χ2v) is 8.22. The van der Waals surface area contributed by atoms with Gasteiger partial charge in [-0.1, -0.05) is 42.8 Å². The lowest BCUT2D eigenvalue weighted by Crippen LogP contribution is -2.60. The van der Waals surface area contributed by atoms with E-state index in [0.717, 1.165) is 54.7 Å². The molecule has 1 saturated carbocycles. The SMILES string of the molecule is Cc1ccccc1NC(=O)C1C(=O)NN2C1c1ccccc1OC21CCCCC1. The lowest BCUT2D eigenvalue weighted by atomic mass is 9.84. The Balaban J connectivity index is 1.54. The highest BCUT2D eigenvalue weighted by Crippen LogP contribution is 2.51. The van der Waals surface area contributed by atoms with Crippen molar-refractivity contribution in [2.75, 3.05) is 5.32 Å². The Morgan fingerprint density at radius 2 is 1.83 bits per heavy atom. The van der Waals surface area contributed by atoms with Crippen LogP contribution in [-0.4, -0.2) is 22.5 Å². The molecule has 5 rings (SSSR count). The molecule has 0 aromatic heterocycles. The Morgan fingerprint density at radius 3 is 2.62 bits per heavy atom. The molecule has 2 amide bonds. The predicted octanol–water partition coefficient (Wildman–Crippen LogP) is 3.69. The fraction of sp³-hybridized carbons (Fsp3) is 0.391. The molecule has 2 N–H and O–H groups in total. The van der Waals surface area contributed by atoms with Crippen molar-refractivity contribution in [3.05, 3.63) is 59.7 Å². The number of benzene rings is 2. The summed E-state index contributed by atoms with van der Waals surface area (Å²) in [6.45, 7) is 1.94. The van der Waals surface area contributed by atoms with Gasteiger partial charge >= 0.3 is 0 Å². The molecule has 1 spiro atoms. The summed E-state index contributed by atoms with van der Waals surface area (Å²) >= 11 is 0. The molecule has 3 aliphatic rings. The Morgan fingerprint density at radius 1 is 1.10 bits per heavy atom. The van der Waals surface area contributed by atoms with E-state index in [1.165, 1.54) is 0 Å². The molecule has 2 aromatic carbocycles. The Labute approximate surface area is 170 Å². The van der Waals surface area contributed by atoms with Crippen LogP contribution in [0.2, 0.25) is 0 Å². The topological polar surface area (TPSA) is 70.7 Å². The summed E-state index contributed by atoms with van der Waals surface area (Å²) in [4.78, 5) is 26.3. The van der Waals surface area contributed by atoms with E-state index in [4.69, 9.17) is 4.74 Å². The highest BCUT2D eigenvalue weighted by atomic mass is 16.5. The zero-order chi connectivity index (χ0) is 20.0. The third-order valence-electron chi connectivity index (χ3n) is 6.40. The van der Waals surface area contributed by atoms with Gasteiger partial charge in [-0.2, -0.15) is 5.01 Å². The van der Waals surface area contributed by atoms with Crippen LogP contribution < -0.4 is 15.5 Å². The number of hydrogen-bond donors (Lipinski definition) is 2. The number of amides is 2. The van der Waals surface area contributed by atoms with Crippen LogP contribution in [-0.2, 0) is 9.59 Å². The van der Waals surface area contributed by atoms with Gasteiger partial charge in [-0.15, -0.1) is 0 Å². The molecule has 6 nitrogen and oxygen atoms in total. The molecule has 29 heavy (non-hydrogen) atoms. The van der Waals surface area contributed by atoms with Crippen molar-refractivity contribution in [1.82, 2.24) is 10.4 Å². The van der Waals surface area contributed by atoms with E-state index in [-0.39, 0.29) is 17.9 Å². The van der Waals surface area contributed by atoms with Crippen LogP contribution in [0.1, 0.15) is 49.3 Å². The largest absolute Gasteiger partial charge is 0.471 e. The van der Waals surface area contributed by atoms with Crippen LogP contribution in [0, 0.1) is 12.8 Å². The van der Waals surface area contributed by atoms with Crippen LogP contribution in [0.5, 0.6) is 5.75 Å². The van der Waals surface area contributed by atoms with Gasteiger partial charge in [-0.25, -0.2) is 0 Å². The minimum absolute atomic E-state index is 0.272. The summed E-state index contributed by atoms with van der Waals surface area (Å²) in [7, 11) is 0. The molecule has 150 valence electrons. The number of nitrogens with one attached hydrogen (secondary N) is 2. The molecule has 1 saturated heterocycles. The first kappa shape index (κ1) is 18.2. The molecule has 2 atom stereocenters. The number of aryl methyl sites for hydroxylation is 1. The second-order valence-electron chi connectivity index (χ2n) is 8.22. The van der Waals surface area contributed by atoms with Gasteiger partial charge in [-0.05, 0) is 37.5 Å². The van der Waals surface area contributed by atoms with Crippen molar-refractivity contribution in [2.45, 2.75) is 50.8 Å². The van der Waals surface area contributed by atoms with E-state index in [1.807, 2.05) is 60.5 Å².